The van der Waals surface area contributed by atoms with Crippen molar-refractivity contribution < 1.29 is 26.8 Å². The Morgan fingerprint density at radius 3 is 2.56 bits per heavy atom. The van der Waals surface area contributed by atoms with Crippen molar-refractivity contribution in [3.8, 4) is 0 Å². The van der Waals surface area contributed by atoms with Crippen molar-refractivity contribution in [2.75, 3.05) is 23.0 Å². The second kappa shape index (κ2) is 7.07. The number of nitrogens with zero attached hydrogens (tertiary/aromatic N) is 1. The van der Waals surface area contributed by atoms with Crippen LogP contribution in [0.4, 0.5) is 20.2 Å². The Morgan fingerprint density at radius 1 is 1.19 bits per heavy atom. The fourth-order valence-corrected chi connectivity index (χ4v) is 3.79. The van der Waals surface area contributed by atoms with Gasteiger partial charge < -0.3 is 10.2 Å². The van der Waals surface area contributed by atoms with Gasteiger partial charge in [-0.1, -0.05) is 12.1 Å². The summed E-state index contributed by atoms with van der Waals surface area (Å²) in [5.74, 6) is -3.49. The van der Waals surface area contributed by atoms with E-state index in [2.05, 4.69) is 5.32 Å². The number of halogens is 2. The molecule has 1 atom stereocenters. The predicted octanol–water partition coefficient (Wildman–Crippen LogP) is 2.36. The number of hydrogen-bond donors (Lipinski definition) is 1. The summed E-state index contributed by atoms with van der Waals surface area (Å²) in [5, 5.41) is 2.52. The van der Waals surface area contributed by atoms with Crippen LogP contribution in [-0.4, -0.2) is 33.0 Å². The first-order valence-corrected chi connectivity index (χ1v) is 9.91. The highest BCUT2D eigenvalue weighted by molar-refractivity contribution is 7.90. The smallest absolute Gasteiger partial charge is 0.229 e. The Kier molecular flexibility index (Phi) is 4.97. The maximum absolute atomic E-state index is 13.9. The minimum absolute atomic E-state index is 0.0379. The van der Waals surface area contributed by atoms with Gasteiger partial charge in [0.25, 0.3) is 0 Å². The lowest BCUT2D eigenvalue weighted by atomic mass is 10.1. The minimum Gasteiger partial charge on any atom is -0.325 e. The van der Waals surface area contributed by atoms with Crippen LogP contribution in [0.25, 0.3) is 0 Å². The van der Waals surface area contributed by atoms with E-state index in [-0.39, 0.29) is 29.2 Å². The van der Waals surface area contributed by atoms with Gasteiger partial charge >= 0.3 is 0 Å². The molecule has 0 saturated carbocycles. The Morgan fingerprint density at radius 2 is 1.89 bits per heavy atom. The Labute approximate surface area is 154 Å². The number of amides is 2. The van der Waals surface area contributed by atoms with Crippen molar-refractivity contribution in [1.82, 2.24) is 0 Å². The SMILES string of the molecule is CS(=O)(=O)c1ccccc1NC(=O)[C@H]1CC(=O)N(c2ccc(F)cc2F)C1. The van der Waals surface area contributed by atoms with Crippen LogP contribution in [0, 0.1) is 17.6 Å². The highest BCUT2D eigenvalue weighted by Crippen LogP contribution is 2.29. The summed E-state index contributed by atoms with van der Waals surface area (Å²) in [6, 6.07) is 8.75. The third-order valence-electron chi connectivity index (χ3n) is 4.24. The zero-order valence-corrected chi connectivity index (χ0v) is 15.1. The van der Waals surface area contributed by atoms with E-state index < -0.39 is 39.2 Å². The molecule has 0 radical (unpaired) electrons. The quantitative estimate of drug-likeness (QED) is 0.863. The first-order valence-electron chi connectivity index (χ1n) is 8.02. The lowest BCUT2D eigenvalue weighted by Gasteiger charge is -2.17. The molecular weight excluding hydrogens is 378 g/mol. The molecule has 1 aliphatic heterocycles. The fourth-order valence-electron chi connectivity index (χ4n) is 2.94. The van der Waals surface area contributed by atoms with Gasteiger partial charge in [0.05, 0.1) is 22.2 Å². The van der Waals surface area contributed by atoms with Gasteiger partial charge in [0.1, 0.15) is 11.6 Å². The maximum atomic E-state index is 13.9. The third-order valence-corrected chi connectivity index (χ3v) is 5.40. The maximum Gasteiger partial charge on any atom is 0.229 e. The molecule has 27 heavy (non-hydrogen) atoms. The van der Waals surface area contributed by atoms with Crippen LogP contribution in [0.2, 0.25) is 0 Å². The van der Waals surface area contributed by atoms with Crippen LogP contribution in [0.5, 0.6) is 0 Å². The van der Waals surface area contributed by atoms with E-state index in [4.69, 9.17) is 0 Å². The summed E-state index contributed by atoms with van der Waals surface area (Å²) in [6.07, 6.45) is 0.861. The molecule has 2 aromatic rings. The number of rotatable bonds is 4. The summed E-state index contributed by atoms with van der Waals surface area (Å²) < 4.78 is 50.6. The monoisotopic (exact) mass is 394 g/mol. The van der Waals surface area contributed by atoms with Gasteiger partial charge in [-0.15, -0.1) is 0 Å². The highest BCUT2D eigenvalue weighted by atomic mass is 32.2. The van der Waals surface area contributed by atoms with Crippen molar-refractivity contribution in [2.24, 2.45) is 5.92 Å². The van der Waals surface area contributed by atoms with Crippen LogP contribution in [0.15, 0.2) is 47.4 Å². The Balaban J connectivity index is 1.79. The van der Waals surface area contributed by atoms with Crippen LogP contribution < -0.4 is 10.2 Å². The van der Waals surface area contributed by atoms with Crippen LogP contribution in [-0.2, 0) is 19.4 Å². The molecule has 3 rings (SSSR count). The molecule has 0 bridgehead atoms. The van der Waals surface area contributed by atoms with Gasteiger partial charge in [-0.3, -0.25) is 9.59 Å². The molecule has 142 valence electrons. The molecule has 1 fully saturated rings. The van der Waals surface area contributed by atoms with E-state index in [0.717, 1.165) is 23.3 Å². The van der Waals surface area contributed by atoms with Crippen LogP contribution >= 0.6 is 0 Å². The molecule has 0 aromatic heterocycles. The summed E-state index contributed by atoms with van der Waals surface area (Å²) in [6.45, 7) is -0.0890. The number of benzene rings is 2. The van der Waals surface area contributed by atoms with Crippen molar-refractivity contribution in [2.45, 2.75) is 11.3 Å². The highest BCUT2D eigenvalue weighted by Gasteiger charge is 2.36. The number of carbonyl (C=O) groups excluding carboxylic acids is 2. The lowest BCUT2D eigenvalue weighted by Crippen LogP contribution is -2.29. The number of carbonyl (C=O) groups is 2. The molecule has 0 unspecified atom stereocenters. The van der Waals surface area contributed by atoms with E-state index in [1.54, 1.807) is 6.07 Å². The van der Waals surface area contributed by atoms with Crippen molar-refractivity contribution in [3.05, 3.63) is 54.1 Å². The second-order valence-corrected chi connectivity index (χ2v) is 8.24. The molecule has 0 spiro atoms. The molecule has 2 aromatic carbocycles. The second-order valence-electron chi connectivity index (χ2n) is 6.26. The van der Waals surface area contributed by atoms with Crippen molar-refractivity contribution >= 4 is 33.0 Å². The first-order chi connectivity index (χ1) is 12.7. The number of hydrogen-bond acceptors (Lipinski definition) is 4. The van der Waals surface area contributed by atoms with E-state index in [1.807, 2.05) is 0 Å². The molecule has 1 N–H and O–H groups in total. The number of sulfone groups is 1. The molecule has 0 aliphatic carbocycles. The fraction of sp³-hybridized carbons (Fsp3) is 0.222. The first kappa shape index (κ1) is 19.0. The van der Waals surface area contributed by atoms with Gasteiger partial charge in [0, 0.05) is 25.3 Å². The normalized spacial score (nSPS) is 17.2. The van der Waals surface area contributed by atoms with Gasteiger partial charge in [-0.2, -0.15) is 0 Å². The van der Waals surface area contributed by atoms with E-state index in [9.17, 15) is 26.8 Å². The molecule has 2 amide bonds. The van der Waals surface area contributed by atoms with Crippen molar-refractivity contribution in [1.29, 1.82) is 0 Å². The summed E-state index contributed by atoms with van der Waals surface area (Å²) >= 11 is 0. The number of para-hydroxylation sites is 1. The molecule has 1 aliphatic rings. The van der Waals surface area contributed by atoms with E-state index in [0.29, 0.717) is 6.07 Å². The molecular formula is C18H16F2N2O4S. The average Bonchev–Trinajstić information content (AvgIpc) is 2.96. The van der Waals surface area contributed by atoms with Crippen LogP contribution in [0.3, 0.4) is 0 Å². The summed E-state index contributed by atoms with van der Waals surface area (Å²) in [7, 11) is -3.55. The zero-order valence-electron chi connectivity index (χ0n) is 14.3. The third kappa shape index (κ3) is 3.97. The molecule has 1 saturated heterocycles. The minimum atomic E-state index is -3.55. The lowest BCUT2D eigenvalue weighted by molar-refractivity contribution is -0.122. The Hall–Kier alpha value is -2.81. The largest absolute Gasteiger partial charge is 0.325 e. The van der Waals surface area contributed by atoms with E-state index in [1.165, 1.54) is 18.2 Å². The standard InChI is InChI=1S/C18H16F2N2O4S/c1-27(25,26)16-5-3-2-4-14(16)21-18(24)11-8-17(23)22(10-11)15-7-6-12(19)9-13(15)20/h2-7,9,11H,8,10H2,1H3,(H,21,24)/t11-/m0/s1. The van der Waals surface area contributed by atoms with E-state index >= 15 is 0 Å². The Bertz CT molecular complexity index is 1020. The number of anilines is 2. The predicted molar refractivity (Wildman–Crippen MR) is 95.0 cm³/mol. The summed E-state index contributed by atoms with van der Waals surface area (Å²) in [5.41, 5.74) is 0.0112. The number of nitrogens with one attached hydrogen (secondary N) is 1. The zero-order chi connectivity index (χ0) is 19.8. The average molecular weight is 394 g/mol. The molecule has 1 heterocycles. The van der Waals surface area contributed by atoms with Gasteiger partial charge in [0.2, 0.25) is 11.8 Å². The summed E-state index contributed by atoms with van der Waals surface area (Å²) in [4.78, 5) is 25.8. The van der Waals surface area contributed by atoms with Gasteiger partial charge in [0.15, 0.2) is 9.84 Å². The molecule has 9 heteroatoms. The van der Waals surface area contributed by atoms with Crippen molar-refractivity contribution in [3.63, 3.8) is 0 Å². The topological polar surface area (TPSA) is 83.5 Å². The van der Waals surface area contributed by atoms with Crippen LogP contribution in [0.1, 0.15) is 6.42 Å². The van der Waals surface area contributed by atoms with Gasteiger partial charge in [-0.05, 0) is 24.3 Å². The van der Waals surface area contributed by atoms with Gasteiger partial charge in [-0.25, -0.2) is 17.2 Å². The molecule has 6 nitrogen and oxygen atoms in total.